The predicted octanol–water partition coefficient (Wildman–Crippen LogP) is 6.28. The molecule has 1 nitrogen and oxygen atoms in total. The van der Waals surface area contributed by atoms with Crippen molar-refractivity contribution in [3.8, 4) is 0 Å². The topological polar surface area (TPSA) is 12.0 Å². The van der Waals surface area contributed by atoms with Crippen LogP contribution in [0, 0.1) is 0 Å². The van der Waals surface area contributed by atoms with Gasteiger partial charge in [-0.1, -0.05) is 40.9 Å². The summed E-state index contributed by atoms with van der Waals surface area (Å²) in [6.45, 7) is 0.258. The normalized spacial score (nSPS) is 11.5. The first kappa shape index (κ1) is 16.3. The monoisotopic (exact) mass is 353 g/mol. The largest absolute Gasteiger partial charge is 0.416 e. The summed E-state index contributed by atoms with van der Waals surface area (Å²) in [7, 11) is 0. The fourth-order valence-corrected chi connectivity index (χ4v) is 2.43. The number of halogens is 6. The average molecular weight is 355 g/mol. The molecular weight excluding hydrogens is 346 g/mol. The van der Waals surface area contributed by atoms with Gasteiger partial charge in [0.15, 0.2) is 0 Å². The van der Waals surface area contributed by atoms with Crippen molar-refractivity contribution in [2.45, 2.75) is 12.7 Å². The first-order valence-electron chi connectivity index (χ1n) is 5.81. The predicted molar refractivity (Wildman–Crippen MR) is 80.2 cm³/mol. The van der Waals surface area contributed by atoms with Crippen molar-refractivity contribution < 1.29 is 13.2 Å². The van der Waals surface area contributed by atoms with Crippen molar-refractivity contribution in [2.75, 3.05) is 5.32 Å². The molecule has 0 bridgehead atoms. The second-order valence-electron chi connectivity index (χ2n) is 4.32. The first-order valence-corrected chi connectivity index (χ1v) is 6.94. The van der Waals surface area contributed by atoms with Gasteiger partial charge in [-0.3, -0.25) is 0 Å². The zero-order chi connectivity index (χ0) is 15.6. The van der Waals surface area contributed by atoms with Gasteiger partial charge >= 0.3 is 6.18 Å². The summed E-state index contributed by atoms with van der Waals surface area (Å²) in [4.78, 5) is 0. The third-order valence-electron chi connectivity index (χ3n) is 2.72. The summed E-state index contributed by atoms with van der Waals surface area (Å²) < 4.78 is 38.1. The molecule has 0 spiro atoms. The fraction of sp³-hybridized carbons (Fsp3) is 0.143. The van der Waals surface area contributed by atoms with Gasteiger partial charge in [-0.2, -0.15) is 13.2 Å². The molecule has 2 rings (SSSR count). The number of anilines is 1. The van der Waals surface area contributed by atoms with Gasteiger partial charge in [0.05, 0.1) is 5.56 Å². The molecule has 1 N–H and O–H groups in total. The highest BCUT2D eigenvalue weighted by Crippen LogP contribution is 2.33. The summed E-state index contributed by atoms with van der Waals surface area (Å²) in [5, 5.41) is 3.80. The Morgan fingerprint density at radius 1 is 0.905 bits per heavy atom. The molecule has 0 aliphatic rings. The molecule has 21 heavy (non-hydrogen) atoms. The quantitative estimate of drug-likeness (QED) is 0.684. The first-order chi connectivity index (χ1) is 9.75. The van der Waals surface area contributed by atoms with E-state index in [9.17, 15) is 13.2 Å². The smallest absolute Gasteiger partial charge is 0.381 e. The van der Waals surface area contributed by atoms with Crippen LogP contribution in [0.1, 0.15) is 11.1 Å². The lowest BCUT2D eigenvalue weighted by molar-refractivity contribution is -0.137. The van der Waals surface area contributed by atoms with Gasteiger partial charge < -0.3 is 5.32 Å². The molecule has 0 unspecified atom stereocenters. The lowest BCUT2D eigenvalue weighted by Gasteiger charge is -2.12. The number of hydrogen-bond acceptors (Lipinski definition) is 1. The van der Waals surface area contributed by atoms with Gasteiger partial charge in [-0.05, 0) is 35.9 Å². The van der Waals surface area contributed by atoms with E-state index < -0.39 is 11.7 Å². The maximum Gasteiger partial charge on any atom is 0.416 e. The Hall–Kier alpha value is -1.10. The third-order valence-corrected chi connectivity index (χ3v) is 3.53. The SMILES string of the molecule is FC(F)(F)c1cc(Cl)cc(NCc2ccc(Cl)cc2Cl)c1. The summed E-state index contributed by atoms with van der Waals surface area (Å²) in [6, 6.07) is 8.22. The molecule has 2 aromatic rings. The average Bonchev–Trinajstić information content (AvgIpc) is 2.36. The molecule has 0 saturated carbocycles. The Kier molecular flexibility index (Phi) is 4.91. The zero-order valence-corrected chi connectivity index (χ0v) is 12.7. The second-order valence-corrected chi connectivity index (χ2v) is 5.60. The van der Waals surface area contributed by atoms with Gasteiger partial charge in [0, 0.05) is 27.3 Å². The van der Waals surface area contributed by atoms with E-state index in [4.69, 9.17) is 34.8 Å². The van der Waals surface area contributed by atoms with E-state index in [2.05, 4.69) is 5.32 Å². The van der Waals surface area contributed by atoms with Crippen LogP contribution in [0.5, 0.6) is 0 Å². The van der Waals surface area contributed by atoms with Crippen LogP contribution in [0.15, 0.2) is 36.4 Å². The van der Waals surface area contributed by atoms with Gasteiger partial charge in [-0.15, -0.1) is 0 Å². The summed E-state index contributed by atoms with van der Waals surface area (Å²) >= 11 is 17.5. The Morgan fingerprint density at radius 3 is 2.24 bits per heavy atom. The third kappa shape index (κ3) is 4.43. The summed E-state index contributed by atoms with van der Waals surface area (Å²) in [5.41, 5.74) is 0.176. The fourth-order valence-electron chi connectivity index (χ4n) is 1.72. The highest BCUT2D eigenvalue weighted by Gasteiger charge is 2.31. The number of nitrogens with one attached hydrogen (secondary N) is 1. The number of rotatable bonds is 3. The van der Waals surface area contributed by atoms with E-state index in [0.717, 1.165) is 17.7 Å². The van der Waals surface area contributed by atoms with Crippen LogP contribution < -0.4 is 5.32 Å². The van der Waals surface area contributed by atoms with Gasteiger partial charge in [0.1, 0.15) is 0 Å². The van der Waals surface area contributed by atoms with E-state index in [1.807, 2.05) is 0 Å². The van der Waals surface area contributed by atoms with Gasteiger partial charge in [-0.25, -0.2) is 0 Å². The molecule has 0 heterocycles. The molecule has 0 saturated heterocycles. The van der Waals surface area contributed by atoms with Crippen molar-refractivity contribution in [2.24, 2.45) is 0 Å². The zero-order valence-electron chi connectivity index (χ0n) is 10.4. The van der Waals surface area contributed by atoms with Crippen molar-refractivity contribution >= 4 is 40.5 Å². The molecule has 0 amide bonds. The molecule has 112 valence electrons. The van der Waals surface area contributed by atoms with Crippen LogP contribution in [-0.4, -0.2) is 0 Å². The van der Waals surface area contributed by atoms with Crippen LogP contribution in [0.2, 0.25) is 15.1 Å². The minimum atomic E-state index is -4.45. The Labute approximate surface area is 134 Å². The minimum absolute atomic E-state index is 0.00882. The van der Waals surface area contributed by atoms with Crippen LogP contribution in [0.4, 0.5) is 18.9 Å². The lowest BCUT2D eigenvalue weighted by Crippen LogP contribution is -2.07. The van der Waals surface area contributed by atoms with E-state index in [0.29, 0.717) is 10.0 Å². The van der Waals surface area contributed by atoms with E-state index in [1.54, 1.807) is 18.2 Å². The van der Waals surface area contributed by atoms with Crippen LogP contribution in [0.25, 0.3) is 0 Å². The van der Waals surface area contributed by atoms with Gasteiger partial charge in [0.25, 0.3) is 0 Å². The molecule has 0 radical (unpaired) electrons. The van der Waals surface area contributed by atoms with E-state index in [-0.39, 0.29) is 17.3 Å². The summed E-state index contributed by atoms with van der Waals surface area (Å²) in [6.07, 6.45) is -4.45. The van der Waals surface area contributed by atoms with Crippen molar-refractivity contribution in [3.63, 3.8) is 0 Å². The molecule has 0 aromatic heterocycles. The Bertz CT molecular complexity index is 656. The van der Waals surface area contributed by atoms with E-state index in [1.165, 1.54) is 6.07 Å². The molecule has 0 aliphatic carbocycles. The molecule has 0 fully saturated rings. The number of alkyl halides is 3. The van der Waals surface area contributed by atoms with Crippen LogP contribution in [-0.2, 0) is 12.7 Å². The van der Waals surface area contributed by atoms with Crippen molar-refractivity contribution in [3.05, 3.63) is 62.6 Å². The standard InChI is InChI=1S/C14H9Cl3F3N/c15-10-2-1-8(13(17)6-10)7-21-12-4-9(14(18,19)20)3-11(16)5-12/h1-6,21H,7H2. The minimum Gasteiger partial charge on any atom is -0.381 e. The van der Waals surface area contributed by atoms with Crippen molar-refractivity contribution in [1.82, 2.24) is 0 Å². The van der Waals surface area contributed by atoms with Crippen molar-refractivity contribution in [1.29, 1.82) is 0 Å². The van der Waals surface area contributed by atoms with E-state index >= 15 is 0 Å². The maximum absolute atomic E-state index is 12.7. The lowest BCUT2D eigenvalue weighted by atomic mass is 10.1. The van der Waals surface area contributed by atoms with Crippen LogP contribution >= 0.6 is 34.8 Å². The van der Waals surface area contributed by atoms with Gasteiger partial charge in [0.2, 0.25) is 0 Å². The Balaban J connectivity index is 2.18. The van der Waals surface area contributed by atoms with Crippen LogP contribution in [0.3, 0.4) is 0 Å². The number of benzene rings is 2. The number of hydrogen-bond donors (Lipinski definition) is 1. The molecule has 7 heteroatoms. The second kappa shape index (κ2) is 6.34. The highest BCUT2D eigenvalue weighted by molar-refractivity contribution is 6.35. The summed E-state index contributed by atoms with van der Waals surface area (Å²) in [5.74, 6) is 0. The molecule has 0 aliphatic heterocycles. The maximum atomic E-state index is 12.7. The molecule has 2 aromatic carbocycles. The molecular formula is C14H9Cl3F3N. The molecule has 0 atom stereocenters. The highest BCUT2D eigenvalue weighted by atomic mass is 35.5. The Morgan fingerprint density at radius 2 is 1.62 bits per heavy atom.